The van der Waals surface area contributed by atoms with Crippen LogP contribution < -0.4 is 20.8 Å². The van der Waals surface area contributed by atoms with Crippen LogP contribution in [0.2, 0.25) is 0 Å². The summed E-state index contributed by atoms with van der Waals surface area (Å²) in [4.78, 5) is 5.06. The molecule has 2 aliphatic heterocycles. The zero-order valence-electron chi connectivity index (χ0n) is 46.2. The minimum Gasteiger partial charge on any atom is -0.466 e. The Hall–Kier alpha value is -9.00. The average Bonchev–Trinajstić information content (AvgIpc) is 2.80. The third-order valence-corrected chi connectivity index (χ3v) is 18.3. The van der Waals surface area contributed by atoms with Gasteiger partial charge in [0.15, 0.2) is 5.58 Å². The summed E-state index contributed by atoms with van der Waals surface area (Å²) in [6, 6.07) is 75.7. The molecular formula is C74H59BN2O3. The summed E-state index contributed by atoms with van der Waals surface area (Å²) in [6.07, 6.45) is 2.26. The summed E-state index contributed by atoms with van der Waals surface area (Å²) < 4.78 is 22.2. The van der Waals surface area contributed by atoms with Crippen LogP contribution >= 0.6 is 0 Å². The van der Waals surface area contributed by atoms with Gasteiger partial charge in [0.2, 0.25) is 0 Å². The van der Waals surface area contributed by atoms with Gasteiger partial charge in [0.25, 0.3) is 0 Å². The van der Waals surface area contributed by atoms with Crippen molar-refractivity contribution in [1.29, 1.82) is 0 Å². The fourth-order valence-electron chi connectivity index (χ4n) is 13.8. The second-order valence-electron chi connectivity index (χ2n) is 25.1. The van der Waals surface area contributed by atoms with Crippen LogP contribution in [0.5, 0.6) is 0 Å². The minimum atomic E-state index is -0.448. The highest BCUT2D eigenvalue weighted by molar-refractivity contribution is 6.93. The topological polar surface area (TPSA) is 45.9 Å². The Kier molecular flexibility index (Phi) is 9.86. The van der Waals surface area contributed by atoms with E-state index in [2.05, 4.69) is 264 Å². The maximum absolute atomic E-state index is 7.63. The predicted octanol–water partition coefficient (Wildman–Crippen LogP) is 19.6. The van der Waals surface area contributed by atoms with Crippen molar-refractivity contribution in [3.8, 4) is 44.5 Å². The van der Waals surface area contributed by atoms with Gasteiger partial charge >= 0.3 is 6.85 Å². The van der Waals surface area contributed by atoms with Crippen molar-refractivity contribution in [2.24, 2.45) is 0 Å². The van der Waals surface area contributed by atoms with Gasteiger partial charge in [0, 0.05) is 55.5 Å². The van der Waals surface area contributed by atoms with Crippen molar-refractivity contribution in [3.63, 3.8) is 0 Å². The van der Waals surface area contributed by atoms with Crippen molar-refractivity contribution >= 4 is 101 Å². The predicted molar refractivity (Wildman–Crippen MR) is 335 cm³/mol. The number of para-hydroxylation sites is 1. The van der Waals surface area contributed by atoms with E-state index in [0.717, 1.165) is 146 Å². The molecule has 0 saturated heterocycles. The van der Waals surface area contributed by atoms with Gasteiger partial charge in [-0.05, 0) is 151 Å². The van der Waals surface area contributed by atoms with Crippen LogP contribution in [-0.2, 0) is 16.2 Å². The molecule has 1 aliphatic carbocycles. The molecule has 0 unspecified atom stereocenters. The van der Waals surface area contributed by atoms with E-state index in [9.17, 15) is 0 Å². The Morgan fingerprint density at radius 1 is 0.412 bits per heavy atom. The lowest BCUT2D eigenvalue weighted by molar-refractivity contribution is 0.332. The molecule has 0 saturated carbocycles. The quantitative estimate of drug-likeness (QED) is 0.161. The van der Waals surface area contributed by atoms with Crippen molar-refractivity contribution < 1.29 is 13.3 Å². The summed E-state index contributed by atoms with van der Waals surface area (Å²) in [7, 11) is 0. The second-order valence-corrected chi connectivity index (χ2v) is 25.1. The molecular weight excluding hydrogens is 976 g/mol. The Labute approximate surface area is 466 Å². The van der Waals surface area contributed by atoms with Crippen molar-refractivity contribution in [1.82, 2.24) is 0 Å². The molecule has 16 rings (SSSR count). The zero-order valence-corrected chi connectivity index (χ0v) is 46.2. The molecule has 3 aliphatic rings. The van der Waals surface area contributed by atoms with Gasteiger partial charge in [-0.25, -0.2) is 0 Å². The Bertz CT molecular complexity index is 4690. The van der Waals surface area contributed by atoms with Crippen molar-refractivity contribution in [3.05, 3.63) is 223 Å². The number of benzene rings is 10. The minimum absolute atomic E-state index is 0.0263. The highest BCUT2D eigenvalue weighted by Crippen LogP contribution is 2.56. The number of hydrogen-bond donors (Lipinski definition) is 0. The van der Waals surface area contributed by atoms with Crippen LogP contribution in [-0.4, -0.2) is 6.85 Å². The summed E-state index contributed by atoms with van der Waals surface area (Å²) in [5.74, 6) is 0. The van der Waals surface area contributed by atoms with Crippen LogP contribution in [0.1, 0.15) is 78.0 Å². The Morgan fingerprint density at radius 2 is 1.00 bits per heavy atom. The van der Waals surface area contributed by atoms with E-state index in [1.165, 1.54) is 22.3 Å². The number of nitrogens with zero attached hydrogens (tertiary/aromatic N) is 2. The SMILES string of the molecule is CC(C)(C)c1ccc(N2c3c(oc4ccc(-c5ccccc5)cc34)B3c4c(cc5c(oc6ccccc65)c42)-c2cc4c(cc2N3c2ccc(-c3ccccc3)cc2)oc2cc3c(cc24)C(C)(C)CCC3(C)C)c(-c2ccccc2)c1. The van der Waals surface area contributed by atoms with Gasteiger partial charge in [-0.15, -0.1) is 0 Å². The van der Waals surface area contributed by atoms with Crippen LogP contribution in [0, 0.1) is 0 Å². The third kappa shape index (κ3) is 6.90. The lowest BCUT2D eigenvalue weighted by Gasteiger charge is -2.44. The van der Waals surface area contributed by atoms with Crippen LogP contribution in [0.3, 0.4) is 0 Å². The van der Waals surface area contributed by atoms with Gasteiger partial charge in [0.1, 0.15) is 28.0 Å². The normalized spacial score (nSPS) is 15.2. The number of furan rings is 3. The number of fused-ring (bicyclic) bond motifs is 14. The first kappa shape index (κ1) is 47.0. The van der Waals surface area contributed by atoms with E-state index in [1.54, 1.807) is 0 Å². The average molecular weight is 1040 g/mol. The number of anilines is 5. The summed E-state index contributed by atoms with van der Waals surface area (Å²) in [5, 5.41) is 5.42. The Balaban J connectivity index is 1.07. The lowest BCUT2D eigenvalue weighted by atomic mass is 9.45. The molecule has 386 valence electrons. The smallest absolute Gasteiger partial charge is 0.376 e. The van der Waals surface area contributed by atoms with Gasteiger partial charge in [-0.1, -0.05) is 182 Å². The van der Waals surface area contributed by atoms with Crippen LogP contribution in [0.4, 0.5) is 28.4 Å². The first-order valence-electron chi connectivity index (χ1n) is 28.4. The first-order valence-corrected chi connectivity index (χ1v) is 28.4. The fraction of sp³-hybridized carbons (Fsp3) is 0.162. The summed E-state index contributed by atoms with van der Waals surface area (Å²) in [5.41, 5.74) is 24.5. The van der Waals surface area contributed by atoms with E-state index in [0.29, 0.717) is 0 Å². The molecule has 0 amide bonds. The molecule has 0 N–H and O–H groups in total. The lowest BCUT2D eigenvalue weighted by Crippen LogP contribution is -2.61. The van der Waals surface area contributed by atoms with Gasteiger partial charge in [-0.3, -0.25) is 0 Å². The Morgan fingerprint density at radius 3 is 1.71 bits per heavy atom. The molecule has 0 spiro atoms. The molecule has 6 heteroatoms. The molecule has 5 nitrogen and oxygen atoms in total. The molecule has 0 radical (unpaired) electrons. The van der Waals surface area contributed by atoms with Crippen LogP contribution in [0.15, 0.2) is 220 Å². The van der Waals surface area contributed by atoms with Gasteiger partial charge < -0.3 is 23.0 Å². The standard InChI is InChI=1S/C74H59BN2O3/c1-72(2,3)49-30-33-61(52(38-49)47-23-15-10-16-24-47)76-68-58-37-48(45-21-13-9-14-22-45)29-34-64(58)80-71(68)75-67-56(40-57-51-25-17-18-26-63(51)79-70(57)69(67)76)53-39-54-55-41-59-60(74(6,7)36-35-73(59,4)5)42-65(55)78-66(54)43-62(53)77(75)50-31-27-46(28-32-50)44-19-11-8-12-20-44/h8-34,37-43H,35-36H2,1-7H3. The largest absolute Gasteiger partial charge is 0.466 e. The third-order valence-electron chi connectivity index (χ3n) is 18.3. The van der Waals surface area contributed by atoms with Crippen LogP contribution in [0.25, 0.3) is 99.4 Å². The molecule has 0 atom stereocenters. The van der Waals surface area contributed by atoms with E-state index >= 15 is 0 Å². The summed E-state index contributed by atoms with van der Waals surface area (Å²) in [6.45, 7) is 16.1. The molecule has 0 bridgehead atoms. The fourth-order valence-corrected chi connectivity index (χ4v) is 13.8. The molecule has 10 aromatic carbocycles. The number of rotatable bonds is 5. The highest BCUT2D eigenvalue weighted by Gasteiger charge is 2.51. The molecule has 3 aromatic heterocycles. The first-order chi connectivity index (χ1) is 38.8. The second kappa shape index (κ2) is 16.8. The molecule has 13 aromatic rings. The highest BCUT2D eigenvalue weighted by atomic mass is 16.3. The van der Waals surface area contributed by atoms with E-state index in [1.807, 2.05) is 0 Å². The van der Waals surface area contributed by atoms with Crippen molar-refractivity contribution in [2.45, 2.75) is 77.6 Å². The molecule has 0 fully saturated rings. The molecule has 80 heavy (non-hydrogen) atoms. The maximum Gasteiger partial charge on any atom is 0.376 e. The van der Waals surface area contributed by atoms with E-state index in [-0.39, 0.29) is 16.2 Å². The van der Waals surface area contributed by atoms with Gasteiger partial charge in [-0.2, -0.15) is 0 Å². The maximum atomic E-state index is 7.63. The summed E-state index contributed by atoms with van der Waals surface area (Å²) >= 11 is 0. The zero-order chi connectivity index (χ0) is 54.0. The molecule has 5 heterocycles. The van der Waals surface area contributed by atoms with Gasteiger partial charge in [0.05, 0.1) is 17.1 Å². The van der Waals surface area contributed by atoms with E-state index < -0.39 is 6.85 Å². The van der Waals surface area contributed by atoms with Crippen molar-refractivity contribution in [2.75, 3.05) is 9.71 Å². The monoisotopic (exact) mass is 1030 g/mol. The van der Waals surface area contributed by atoms with E-state index in [4.69, 9.17) is 13.3 Å². The number of hydrogen-bond acceptors (Lipinski definition) is 5.